The first-order valence-corrected chi connectivity index (χ1v) is 5.03. The zero-order chi connectivity index (χ0) is 8.97. The SMILES string of the molecule is C=CCSc1ccc(C)cc1C. The maximum Gasteiger partial charge on any atom is 0.0158 e. The summed E-state index contributed by atoms with van der Waals surface area (Å²) in [5, 5.41) is 0. The van der Waals surface area contributed by atoms with Crippen molar-refractivity contribution in [2.75, 3.05) is 5.75 Å². The number of hydrogen-bond donors (Lipinski definition) is 0. The summed E-state index contributed by atoms with van der Waals surface area (Å²) in [4.78, 5) is 1.36. The Morgan fingerprint density at radius 1 is 1.42 bits per heavy atom. The van der Waals surface area contributed by atoms with Crippen LogP contribution in [0, 0.1) is 13.8 Å². The number of rotatable bonds is 3. The normalized spacial score (nSPS) is 9.83. The van der Waals surface area contributed by atoms with Gasteiger partial charge in [-0.1, -0.05) is 23.8 Å². The maximum atomic E-state index is 3.70. The molecule has 64 valence electrons. The predicted molar refractivity (Wildman–Crippen MR) is 56.8 cm³/mol. The quantitative estimate of drug-likeness (QED) is 0.503. The standard InChI is InChI=1S/C11H14S/c1-4-7-12-11-6-5-9(2)8-10(11)3/h4-6,8H,1,7H2,2-3H3. The fourth-order valence-electron chi connectivity index (χ4n) is 1.11. The van der Waals surface area contributed by atoms with Crippen molar-refractivity contribution in [1.82, 2.24) is 0 Å². The molecule has 0 spiro atoms. The van der Waals surface area contributed by atoms with Crippen LogP contribution in [-0.4, -0.2) is 5.75 Å². The lowest BCUT2D eigenvalue weighted by Crippen LogP contribution is -1.81. The molecule has 0 nitrogen and oxygen atoms in total. The van der Waals surface area contributed by atoms with Crippen molar-refractivity contribution in [3.63, 3.8) is 0 Å². The minimum absolute atomic E-state index is 0.990. The van der Waals surface area contributed by atoms with Gasteiger partial charge in [-0.25, -0.2) is 0 Å². The third-order valence-electron chi connectivity index (χ3n) is 1.69. The Labute approximate surface area is 78.7 Å². The predicted octanol–water partition coefficient (Wildman–Crippen LogP) is 3.58. The van der Waals surface area contributed by atoms with Crippen LogP contribution in [0.25, 0.3) is 0 Å². The number of benzene rings is 1. The summed E-state index contributed by atoms with van der Waals surface area (Å²) in [6.45, 7) is 7.97. The van der Waals surface area contributed by atoms with E-state index in [2.05, 4.69) is 38.6 Å². The van der Waals surface area contributed by atoms with Crippen LogP contribution in [0.4, 0.5) is 0 Å². The van der Waals surface area contributed by atoms with Crippen molar-refractivity contribution in [2.45, 2.75) is 18.7 Å². The van der Waals surface area contributed by atoms with E-state index >= 15 is 0 Å². The third kappa shape index (κ3) is 2.42. The van der Waals surface area contributed by atoms with Gasteiger partial charge >= 0.3 is 0 Å². The average Bonchev–Trinajstić information content (AvgIpc) is 2.03. The molecule has 0 saturated heterocycles. The fourth-order valence-corrected chi connectivity index (χ4v) is 1.86. The Kier molecular flexibility index (Phi) is 3.42. The highest BCUT2D eigenvalue weighted by Crippen LogP contribution is 2.22. The molecule has 1 aromatic carbocycles. The Hall–Kier alpha value is -0.690. The van der Waals surface area contributed by atoms with Gasteiger partial charge in [0.05, 0.1) is 0 Å². The first-order chi connectivity index (χ1) is 5.74. The first kappa shape index (κ1) is 9.40. The van der Waals surface area contributed by atoms with Crippen LogP contribution in [0.5, 0.6) is 0 Å². The molecule has 0 bridgehead atoms. The van der Waals surface area contributed by atoms with Gasteiger partial charge < -0.3 is 0 Å². The van der Waals surface area contributed by atoms with Gasteiger partial charge in [0.15, 0.2) is 0 Å². The zero-order valence-electron chi connectivity index (χ0n) is 7.63. The molecule has 0 fully saturated rings. The average molecular weight is 178 g/mol. The summed E-state index contributed by atoms with van der Waals surface area (Å²) in [6.07, 6.45) is 1.93. The zero-order valence-corrected chi connectivity index (χ0v) is 8.45. The molecule has 12 heavy (non-hydrogen) atoms. The molecule has 0 aromatic heterocycles. The molecular weight excluding hydrogens is 164 g/mol. The van der Waals surface area contributed by atoms with E-state index in [4.69, 9.17) is 0 Å². The van der Waals surface area contributed by atoms with Crippen molar-refractivity contribution in [1.29, 1.82) is 0 Å². The molecule has 0 N–H and O–H groups in total. The molecule has 0 saturated carbocycles. The van der Waals surface area contributed by atoms with Crippen molar-refractivity contribution in [2.24, 2.45) is 0 Å². The highest BCUT2D eigenvalue weighted by Gasteiger charge is 1.96. The van der Waals surface area contributed by atoms with E-state index < -0.39 is 0 Å². The lowest BCUT2D eigenvalue weighted by atomic mass is 10.2. The van der Waals surface area contributed by atoms with Gasteiger partial charge in [0.1, 0.15) is 0 Å². The third-order valence-corrected chi connectivity index (χ3v) is 2.86. The van der Waals surface area contributed by atoms with Gasteiger partial charge in [-0.05, 0) is 25.5 Å². The lowest BCUT2D eigenvalue weighted by Gasteiger charge is -2.03. The van der Waals surface area contributed by atoms with Crippen LogP contribution in [0.2, 0.25) is 0 Å². The van der Waals surface area contributed by atoms with Crippen LogP contribution >= 0.6 is 11.8 Å². The van der Waals surface area contributed by atoms with Crippen LogP contribution < -0.4 is 0 Å². The van der Waals surface area contributed by atoms with E-state index in [1.165, 1.54) is 16.0 Å². The molecule has 0 unspecified atom stereocenters. The number of thioether (sulfide) groups is 1. The second-order valence-electron chi connectivity index (χ2n) is 2.87. The summed E-state index contributed by atoms with van der Waals surface area (Å²) in [7, 11) is 0. The summed E-state index contributed by atoms with van der Waals surface area (Å²) in [6, 6.07) is 6.54. The molecule has 0 heterocycles. The lowest BCUT2D eigenvalue weighted by molar-refractivity contribution is 1.26. The fraction of sp³-hybridized carbons (Fsp3) is 0.273. The molecule has 0 amide bonds. The summed E-state index contributed by atoms with van der Waals surface area (Å²) < 4.78 is 0. The molecule has 1 rings (SSSR count). The molecule has 0 aliphatic carbocycles. The van der Waals surface area contributed by atoms with Crippen molar-refractivity contribution in [3.05, 3.63) is 42.0 Å². The topological polar surface area (TPSA) is 0 Å². The Morgan fingerprint density at radius 2 is 2.17 bits per heavy atom. The smallest absolute Gasteiger partial charge is 0.0158 e. The van der Waals surface area contributed by atoms with E-state index in [1.807, 2.05) is 17.8 Å². The van der Waals surface area contributed by atoms with Gasteiger partial charge in [0.2, 0.25) is 0 Å². The molecular formula is C11H14S. The van der Waals surface area contributed by atoms with Crippen molar-refractivity contribution in [3.8, 4) is 0 Å². The summed E-state index contributed by atoms with van der Waals surface area (Å²) >= 11 is 1.84. The minimum atomic E-state index is 0.990. The Balaban J connectivity index is 2.78. The largest absolute Gasteiger partial charge is 0.122 e. The number of hydrogen-bond acceptors (Lipinski definition) is 1. The molecule has 0 aliphatic rings. The molecule has 1 heteroatoms. The van der Waals surface area contributed by atoms with Crippen molar-refractivity contribution < 1.29 is 0 Å². The maximum absolute atomic E-state index is 3.70. The number of aryl methyl sites for hydroxylation is 2. The Morgan fingerprint density at radius 3 is 2.75 bits per heavy atom. The molecule has 1 aromatic rings. The minimum Gasteiger partial charge on any atom is -0.122 e. The van der Waals surface area contributed by atoms with E-state index in [1.54, 1.807) is 0 Å². The van der Waals surface area contributed by atoms with Gasteiger partial charge in [-0.3, -0.25) is 0 Å². The second-order valence-corrected chi connectivity index (χ2v) is 3.93. The van der Waals surface area contributed by atoms with Crippen LogP contribution in [-0.2, 0) is 0 Å². The Bertz CT molecular complexity index is 276. The van der Waals surface area contributed by atoms with Gasteiger partial charge in [0.25, 0.3) is 0 Å². The monoisotopic (exact) mass is 178 g/mol. The van der Waals surface area contributed by atoms with Gasteiger partial charge in [-0.2, -0.15) is 0 Å². The van der Waals surface area contributed by atoms with Gasteiger partial charge in [0, 0.05) is 10.6 Å². The van der Waals surface area contributed by atoms with Crippen molar-refractivity contribution >= 4 is 11.8 Å². The molecule has 0 aliphatic heterocycles. The highest BCUT2D eigenvalue weighted by atomic mass is 32.2. The summed E-state index contributed by atoms with van der Waals surface area (Å²) in [5.41, 5.74) is 2.69. The molecule has 0 atom stereocenters. The second kappa shape index (κ2) is 4.36. The van der Waals surface area contributed by atoms with E-state index in [0.29, 0.717) is 0 Å². The molecule has 0 radical (unpaired) electrons. The van der Waals surface area contributed by atoms with Crippen LogP contribution in [0.3, 0.4) is 0 Å². The van der Waals surface area contributed by atoms with E-state index in [-0.39, 0.29) is 0 Å². The van der Waals surface area contributed by atoms with E-state index in [0.717, 1.165) is 5.75 Å². The van der Waals surface area contributed by atoms with Crippen LogP contribution in [0.1, 0.15) is 11.1 Å². The van der Waals surface area contributed by atoms with E-state index in [9.17, 15) is 0 Å². The highest BCUT2D eigenvalue weighted by molar-refractivity contribution is 7.99. The first-order valence-electron chi connectivity index (χ1n) is 4.05. The van der Waals surface area contributed by atoms with Gasteiger partial charge in [-0.15, -0.1) is 18.3 Å². The van der Waals surface area contributed by atoms with Crippen LogP contribution in [0.15, 0.2) is 35.7 Å². The summed E-state index contributed by atoms with van der Waals surface area (Å²) in [5.74, 6) is 0.990.